The van der Waals surface area contributed by atoms with Crippen LogP contribution in [0.5, 0.6) is 11.5 Å². The van der Waals surface area contributed by atoms with Crippen LogP contribution in [-0.4, -0.2) is 17.4 Å². The highest BCUT2D eigenvalue weighted by atomic mass is 16.5. The highest BCUT2D eigenvalue weighted by molar-refractivity contribution is 5.92. The maximum atomic E-state index is 11.8. The van der Waals surface area contributed by atoms with Crippen molar-refractivity contribution in [3.8, 4) is 11.5 Å². The molecule has 2 rings (SSSR count). The second-order valence-corrected chi connectivity index (χ2v) is 4.81. The minimum Gasteiger partial charge on any atom is -0.457 e. The van der Waals surface area contributed by atoms with Gasteiger partial charge in [0.1, 0.15) is 17.2 Å². The summed E-state index contributed by atoms with van der Waals surface area (Å²) in [6.45, 7) is 6.31. The molecule has 0 saturated carbocycles. The van der Waals surface area contributed by atoms with E-state index < -0.39 is 0 Å². The van der Waals surface area contributed by atoms with Gasteiger partial charge in [0.2, 0.25) is 0 Å². The van der Waals surface area contributed by atoms with Crippen molar-refractivity contribution in [3.05, 3.63) is 47.3 Å². The molecule has 1 aromatic heterocycles. The number of anilines is 1. The number of aryl methyl sites for hydroxylation is 2. The van der Waals surface area contributed by atoms with E-state index in [0.29, 0.717) is 29.4 Å². The van der Waals surface area contributed by atoms with Gasteiger partial charge in [0.05, 0.1) is 0 Å². The zero-order chi connectivity index (χ0) is 15.4. The van der Waals surface area contributed by atoms with Crippen LogP contribution >= 0.6 is 0 Å². The predicted octanol–water partition coefficient (Wildman–Crippen LogP) is 2.82. The third-order valence-corrected chi connectivity index (χ3v) is 3.09. The Kier molecular flexibility index (Phi) is 4.42. The lowest BCUT2D eigenvalue weighted by molar-refractivity contribution is 0.0950. The van der Waals surface area contributed by atoms with Gasteiger partial charge < -0.3 is 15.8 Å². The molecule has 0 aliphatic rings. The summed E-state index contributed by atoms with van der Waals surface area (Å²) in [6.07, 6.45) is 1.55. The highest BCUT2D eigenvalue weighted by Gasteiger charge is 2.09. The molecule has 0 unspecified atom stereocenters. The number of amides is 1. The van der Waals surface area contributed by atoms with Gasteiger partial charge in [0, 0.05) is 30.6 Å². The molecule has 1 aromatic carbocycles. The van der Waals surface area contributed by atoms with E-state index >= 15 is 0 Å². The number of nitrogens with zero attached hydrogens (tertiary/aromatic N) is 1. The van der Waals surface area contributed by atoms with Crippen LogP contribution in [0.1, 0.15) is 28.5 Å². The molecule has 1 amide bonds. The Balaban J connectivity index is 2.26. The van der Waals surface area contributed by atoms with E-state index in [1.54, 1.807) is 24.4 Å². The van der Waals surface area contributed by atoms with Crippen LogP contribution in [0.2, 0.25) is 0 Å². The van der Waals surface area contributed by atoms with E-state index in [1.165, 1.54) is 0 Å². The van der Waals surface area contributed by atoms with Crippen LogP contribution in [0.3, 0.4) is 0 Å². The molecule has 0 bridgehead atoms. The normalized spacial score (nSPS) is 10.2. The van der Waals surface area contributed by atoms with Crippen molar-refractivity contribution in [2.75, 3.05) is 12.3 Å². The number of aromatic nitrogens is 1. The first kappa shape index (κ1) is 14.8. The fraction of sp³-hybridized carbons (Fsp3) is 0.250. The number of carbonyl (C=O) groups excluding carboxylic acids is 1. The lowest BCUT2D eigenvalue weighted by atomic mass is 10.1. The molecular weight excluding hydrogens is 266 g/mol. The smallest absolute Gasteiger partial charge is 0.270 e. The maximum absolute atomic E-state index is 11.8. The molecule has 0 atom stereocenters. The Labute approximate surface area is 124 Å². The number of nitrogen functional groups attached to an aromatic ring is 1. The average molecular weight is 285 g/mol. The van der Waals surface area contributed by atoms with Crippen LogP contribution < -0.4 is 15.8 Å². The predicted molar refractivity (Wildman–Crippen MR) is 82.6 cm³/mol. The first-order chi connectivity index (χ1) is 10.0. The number of hydrogen-bond acceptors (Lipinski definition) is 4. The fourth-order valence-electron chi connectivity index (χ4n) is 1.93. The minimum absolute atomic E-state index is 0.219. The average Bonchev–Trinajstić information content (AvgIpc) is 2.45. The number of benzene rings is 1. The molecule has 0 saturated heterocycles. The number of nitrogens with one attached hydrogen (secondary N) is 1. The topological polar surface area (TPSA) is 77.2 Å². The Hall–Kier alpha value is -2.56. The number of rotatable bonds is 4. The van der Waals surface area contributed by atoms with Gasteiger partial charge in [-0.15, -0.1) is 0 Å². The molecule has 5 nitrogen and oxygen atoms in total. The van der Waals surface area contributed by atoms with Gasteiger partial charge in [0.15, 0.2) is 0 Å². The molecule has 2 aromatic rings. The zero-order valence-electron chi connectivity index (χ0n) is 12.4. The summed E-state index contributed by atoms with van der Waals surface area (Å²) in [5.41, 5.74) is 8.90. The Morgan fingerprint density at radius 3 is 2.76 bits per heavy atom. The molecule has 0 spiro atoms. The molecule has 110 valence electrons. The fourth-order valence-corrected chi connectivity index (χ4v) is 1.93. The first-order valence-electron chi connectivity index (χ1n) is 6.80. The molecule has 3 N–H and O–H groups in total. The SMILES string of the molecule is CCNC(=O)c1cc(Oc2cc(N)c(C)cc2C)ccn1. The van der Waals surface area contributed by atoms with Crippen LogP contribution in [0, 0.1) is 13.8 Å². The van der Waals surface area contributed by atoms with Gasteiger partial charge >= 0.3 is 0 Å². The Bertz CT molecular complexity index is 669. The lowest BCUT2D eigenvalue weighted by Crippen LogP contribution is -2.23. The third kappa shape index (κ3) is 3.51. The van der Waals surface area contributed by atoms with E-state index in [0.717, 1.165) is 11.1 Å². The van der Waals surface area contributed by atoms with E-state index in [-0.39, 0.29) is 5.91 Å². The molecule has 0 aliphatic heterocycles. The molecule has 21 heavy (non-hydrogen) atoms. The summed E-state index contributed by atoms with van der Waals surface area (Å²) in [4.78, 5) is 15.8. The van der Waals surface area contributed by atoms with Gasteiger partial charge in [-0.3, -0.25) is 9.78 Å². The van der Waals surface area contributed by atoms with Crippen LogP contribution in [0.25, 0.3) is 0 Å². The summed E-state index contributed by atoms with van der Waals surface area (Å²) >= 11 is 0. The van der Waals surface area contributed by atoms with Crippen molar-refractivity contribution in [1.82, 2.24) is 10.3 Å². The lowest BCUT2D eigenvalue weighted by Gasteiger charge is -2.12. The summed E-state index contributed by atoms with van der Waals surface area (Å²) in [6, 6.07) is 7.08. The largest absolute Gasteiger partial charge is 0.457 e. The van der Waals surface area contributed by atoms with E-state index in [9.17, 15) is 4.79 Å². The number of ether oxygens (including phenoxy) is 1. The summed E-state index contributed by atoms with van der Waals surface area (Å²) in [5.74, 6) is 1.01. The summed E-state index contributed by atoms with van der Waals surface area (Å²) < 4.78 is 5.81. The van der Waals surface area contributed by atoms with E-state index in [1.807, 2.05) is 26.8 Å². The third-order valence-electron chi connectivity index (χ3n) is 3.09. The number of hydrogen-bond donors (Lipinski definition) is 2. The summed E-state index contributed by atoms with van der Waals surface area (Å²) in [7, 11) is 0. The van der Waals surface area contributed by atoms with Crippen LogP contribution in [0.4, 0.5) is 5.69 Å². The highest BCUT2D eigenvalue weighted by Crippen LogP contribution is 2.29. The zero-order valence-corrected chi connectivity index (χ0v) is 12.4. The van der Waals surface area contributed by atoms with E-state index in [4.69, 9.17) is 10.5 Å². The number of carbonyl (C=O) groups is 1. The molecular formula is C16H19N3O2. The molecule has 0 radical (unpaired) electrons. The van der Waals surface area contributed by atoms with Crippen LogP contribution in [-0.2, 0) is 0 Å². The van der Waals surface area contributed by atoms with Crippen LogP contribution in [0.15, 0.2) is 30.5 Å². The maximum Gasteiger partial charge on any atom is 0.270 e. The molecule has 0 fully saturated rings. The van der Waals surface area contributed by atoms with Crippen molar-refractivity contribution < 1.29 is 9.53 Å². The van der Waals surface area contributed by atoms with Crippen molar-refractivity contribution in [2.24, 2.45) is 0 Å². The van der Waals surface area contributed by atoms with Crippen molar-refractivity contribution in [1.29, 1.82) is 0 Å². The molecule has 0 aliphatic carbocycles. The summed E-state index contributed by atoms with van der Waals surface area (Å²) in [5, 5.41) is 2.70. The van der Waals surface area contributed by atoms with Gasteiger partial charge in [-0.05, 0) is 38.0 Å². The van der Waals surface area contributed by atoms with Crippen molar-refractivity contribution in [3.63, 3.8) is 0 Å². The van der Waals surface area contributed by atoms with Crippen molar-refractivity contribution in [2.45, 2.75) is 20.8 Å². The molecule has 5 heteroatoms. The Morgan fingerprint density at radius 2 is 2.05 bits per heavy atom. The quantitative estimate of drug-likeness (QED) is 0.847. The van der Waals surface area contributed by atoms with E-state index in [2.05, 4.69) is 10.3 Å². The second-order valence-electron chi connectivity index (χ2n) is 4.81. The second kappa shape index (κ2) is 6.26. The minimum atomic E-state index is -0.219. The van der Waals surface area contributed by atoms with Gasteiger partial charge in [-0.2, -0.15) is 0 Å². The molecule has 1 heterocycles. The standard InChI is InChI=1S/C16H19N3O2/c1-4-18-16(20)14-8-12(5-6-19-14)21-15-9-13(17)10(2)7-11(15)3/h5-9H,4,17H2,1-3H3,(H,18,20). The monoisotopic (exact) mass is 285 g/mol. The van der Waals surface area contributed by atoms with Gasteiger partial charge in [-0.25, -0.2) is 0 Å². The van der Waals surface area contributed by atoms with Gasteiger partial charge in [0.25, 0.3) is 5.91 Å². The van der Waals surface area contributed by atoms with Gasteiger partial charge in [-0.1, -0.05) is 6.07 Å². The van der Waals surface area contributed by atoms with Crippen molar-refractivity contribution >= 4 is 11.6 Å². The number of pyridine rings is 1. The number of nitrogens with two attached hydrogens (primary N) is 1. The Morgan fingerprint density at radius 1 is 1.29 bits per heavy atom. The first-order valence-corrected chi connectivity index (χ1v) is 6.80.